The van der Waals surface area contributed by atoms with Gasteiger partial charge < -0.3 is 79.4 Å². The molecule has 1 heterocycles. The normalized spacial score (nSPS) is 14.1. The molecule has 0 spiro atoms. The standard InChI is InChI=1S/C55H76N12O13S/c1-32(2)23-42(64-48(72)39(57)27-36-28-58-31-60-36)51(75)65-43(24-33-9-5-4-6-10-33)49(73)59-29-47(71)61-44(25-34-12-16-37(69)17-13-34)52(76)67-46(30-68)54(78)62-40(20-22-81-3)50(74)66-45(26-35-14-18-38(70)19-15-35)53(77)63-41(55(79)80)11-7-8-21-56/h4-6,9-10,12-19,28,31-32,39-46,68-70H,7-8,11,20-27,29-30,56-57H2,1-3H3,(H,58,60)(H,59,73)(H,61,71)(H,62,78)(H,63,77)(H,64,72)(H,65,75)(H,66,74)(H,67,76)(H,79,80)/t39-,40-,41-,42-,43-,44-,45-,46-/m0/s1. The number of benzene rings is 3. The molecule has 0 fully saturated rings. The van der Waals surface area contributed by atoms with Gasteiger partial charge in [-0.15, -0.1) is 0 Å². The number of amides is 8. The number of carboxylic acids is 1. The molecule has 0 saturated heterocycles. The second-order valence-electron chi connectivity index (χ2n) is 19.7. The summed E-state index contributed by atoms with van der Waals surface area (Å²) in [5.74, 6) is -7.93. The number of nitrogens with zero attached hydrogens (tertiary/aromatic N) is 1. The third-order valence-electron chi connectivity index (χ3n) is 12.7. The summed E-state index contributed by atoms with van der Waals surface area (Å²) in [7, 11) is 0. The third-order valence-corrected chi connectivity index (χ3v) is 13.3. The van der Waals surface area contributed by atoms with Crippen LogP contribution in [-0.2, 0) is 68.8 Å². The molecular weight excluding hydrogens is 1070 g/mol. The van der Waals surface area contributed by atoms with Crippen LogP contribution in [0.4, 0.5) is 0 Å². The summed E-state index contributed by atoms with van der Waals surface area (Å²) in [6.07, 6.45) is 5.55. The molecule has 0 unspecified atom stereocenters. The minimum Gasteiger partial charge on any atom is -0.508 e. The zero-order valence-electron chi connectivity index (χ0n) is 45.5. The molecule has 26 heteroatoms. The van der Waals surface area contributed by atoms with Crippen molar-refractivity contribution in [2.45, 2.75) is 120 Å². The smallest absolute Gasteiger partial charge is 0.326 e. The highest BCUT2D eigenvalue weighted by Crippen LogP contribution is 2.15. The first kappa shape index (κ1) is 65.4. The fraction of sp³-hybridized carbons (Fsp3) is 0.455. The molecule has 25 nitrogen and oxygen atoms in total. The van der Waals surface area contributed by atoms with Gasteiger partial charge in [0.2, 0.25) is 47.3 Å². The van der Waals surface area contributed by atoms with Crippen LogP contribution in [0.25, 0.3) is 0 Å². The number of aromatic amines is 1. The number of aromatic hydroxyl groups is 2. The number of nitrogens with one attached hydrogen (secondary N) is 9. The quantitative estimate of drug-likeness (QED) is 0.0244. The molecule has 4 rings (SSSR count). The number of phenols is 2. The molecule has 0 bridgehead atoms. The number of aromatic nitrogens is 2. The lowest BCUT2D eigenvalue weighted by molar-refractivity contribution is -0.142. The van der Waals surface area contributed by atoms with E-state index in [0.29, 0.717) is 47.5 Å². The number of hydrogen-bond donors (Lipinski definition) is 15. The Kier molecular flexibility index (Phi) is 27.6. The van der Waals surface area contributed by atoms with Crippen LogP contribution in [0.1, 0.15) is 68.3 Å². The number of unbranched alkanes of at least 4 members (excludes halogenated alkanes) is 1. The van der Waals surface area contributed by atoms with Gasteiger partial charge in [0.05, 0.1) is 25.5 Å². The van der Waals surface area contributed by atoms with Crippen LogP contribution < -0.4 is 54.0 Å². The van der Waals surface area contributed by atoms with Crippen LogP contribution in [0.5, 0.6) is 11.5 Å². The Hall–Kier alpha value is -8.07. The molecular formula is C55H76N12O13S. The van der Waals surface area contributed by atoms with Crippen molar-refractivity contribution >= 4 is 65.0 Å². The zero-order chi connectivity index (χ0) is 59.4. The van der Waals surface area contributed by atoms with Crippen LogP contribution in [0.3, 0.4) is 0 Å². The van der Waals surface area contributed by atoms with Crippen molar-refractivity contribution in [3.63, 3.8) is 0 Å². The van der Waals surface area contributed by atoms with Crippen LogP contribution in [0.2, 0.25) is 0 Å². The van der Waals surface area contributed by atoms with Gasteiger partial charge >= 0.3 is 5.97 Å². The Morgan fingerprint density at radius 2 is 1.06 bits per heavy atom. The minimum atomic E-state index is -1.72. The molecule has 81 heavy (non-hydrogen) atoms. The summed E-state index contributed by atoms with van der Waals surface area (Å²) in [5, 5.41) is 60.7. The van der Waals surface area contributed by atoms with Crippen LogP contribution in [-0.4, -0.2) is 164 Å². The number of nitrogens with two attached hydrogens (primary N) is 2. The van der Waals surface area contributed by atoms with Gasteiger partial charge in [0, 0.05) is 37.6 Å². The number of rotatable bonds is 35. The van der Waals surface area contributed by atoms with Crippen LogP contribution in [0, 0.1) is 5.92 Å². The van der Waals surface area contributed by atoms with Gasteiger partial charge in [-0.1, -0.05) is 68.4 Å². The van der Waals surface area contributed by atoms with E-state index >= 15 is 0 Å². The van der Waals surface area contributed by atoms with Crippen molar-refractivity contribution in [3.8, 4) is 11.5 Å². The molecule has 17 N–H and O–H groups in total. The first-order valence-electron chi connectivity index (χ1n) is 26.4. The molecule has 3 aromatic carbocycles. The van der Waals surface area contributed by atoms with Gasteiger partial charge in [-0.3, -0.25) is 38.4 Å². The summed E-state index contributed by atoms with van der Waals surface area (Å²) in [6.45, 7) is 2.29. The van der Waals surface area contributed by atoms with Gasteiger partial charge in [-0.2, -0.15) is 11.8 Å². The van der Waals surface area contributed by atoms with E-state index in [4.69, 9.17) is 11.5 Å². The van der Waals surface area contributed by atoms with E-state index < -0.39 is 115 Å². The number of aliphatic carboxylic acids is 1. The Bertz CT molecular complexity index is 2670. The Morgan fingerprint density at radius 1 is 0.580 bits per heavy atom. The number of aliphatic hydroxyl groups is 1. The summed E-state index contributed by atoms with van der Waals surface area (Å²) in [6, 6.07) is 9.43. The summed E-state index contributed by atoms with van der Waals surface area (Å²) in [4.78, 5) is 130. The third kappa shape index (κ3) is 23.3. The van der Waals surface area contributed by atoms with E-state index in [1.807, 2.05) is 13.8 Å². The molecule has 0 aliphatic carbocycles. The maximum absolute atomic E-state index is 14.1. The Labute approximate surface area is 473 Å². The molecule has 8 amide bonds. The highest BCUT2D eigenvalue weighted by molar-refractivity contribution is 7.98. The fourth-order valence-corrected chi connectivity index (χ4v) is 8.74. The number of hydrogen-bond acceptors (Lipinski definition) is 16. The summed E-state index contributed by atoms with van der Waals surface area (Å²) < 4.78 is 0. The van der Waals surface area contributed by atoms with E-state index in [1.165, 1.54) is 72.8 Å². The van der Waals surface area contributed by atoms with Crippen molar-refractivity contribution < 1.29 is 63.6 Å². The number of aliphatic hydroxyl groups excluding tert-OH is 1. The van der Waals surface area contributed by atoms with Gasteiger partial charge in [0.1, 0.15) is 53.8 Å². The number of carbonyl (C=O) groups excluding carboxylic acids is 8. The number of H-pyrrole nitrogens is 1. The number of carbonyl (C=O) groups is 9. The molecule has 0 radical (unpaired) electrons. The molecule has 0 saturated carbocycles. The first-order valence-corrected chi connectivity index (χ1v) is 27.8. The van der Waals surface area contributed by atoms with Crippen molar-refractivity contribution in [1.82, 2.24) is 52.5 Å². The maximum atomic E-state index is 14.1. The van der Waals surface area contributed by atoms with E-state index in [9.17, 15) is 63.6 Å². The van der Waals surface area contributed by atoms with Crippen molar-refractivity contribution in [2.75, 3.05) is 31.7 Å². The molecule has 8 atom stereocenters. The molecule has 0 aliphatic heterocycles. The zero-order valence-corrected chi connectivity index (χ0v) is 46.3. The largest absolute Gasteiger partial charge is 0.508 e. The average molecular weight is 1150 g/mol. The van der Waals surface area contributed by atoms with E-state index in [-0.39, 0.29) is 62.4 Å². The second kappa shape index (κ2) is 34.2. The number of carboxylic acid groups (broad SMARTS) is 1. The lowest BCUT2D eigenvalue weighted by Crippen LogP contribution is -2.60. The minimum absolute atomic E-state index is 0.00649. The highest BCUT2D eigenvalue weighted by atomic mass is 32.2. The van der Waals surface area contributed by atoms with Crippen molar-refractivity contribution in [2.24, 2.45) is 17.4 Å². The number of phenolic OH excluding ortho intramolecular Hbond substituents is 2. The summed E-state index contributed by atoms with van der Waals surface area (Å²) in [5.41, 5.74) is 13.9. The Morgan fingerprint density at radius 3 is 1.58 bits per heavy atom. The first-order chi connectivity index (χ1) is 38.7. The number of thioether (sulfide) groups is 1. The second-order valence-corrected chi connectivity index (χ2v) is 20.7. The van der Waals surface area contributed by atoms with Crippen molar-refractivity contribution in [3.05, 3.63) is 114 Å². The van der Waals surface area contributed by atoms with Crippen LogP contribution in [0.15, 0.2) is 91.4 Å². The molecule has 1 aromatic heterocycles. The molecule has 440 valence electrons. The van der Waals surface area contributed by atoms with Crippen LogP contribution >= 0.6 is 11.8 Å². The monoisotopic (exact) mass is 1140 g/mol. The lowest BCUT2D eigenvalue weighted by Gasteiger charge is -2.27. The average Bonchev–Trinajstić information content (AvgIpc) is 3.97. The van der Waals surface area contributed by atoms with E-state index in [2.05, 4.69) is 52.5 Å². The number of imidazole rings is 1. The maximum Gasteiger partial charge on any atom is 0.326 e. The summed E-state index contributed by atoms with van der Waals surface area (Å²) >= 11 is 1.33. The SMILES string of the molecule is CSCC[C@H](NC(=O)[C@H](CO)NC(=O)[C@H](Cc1ccc(O)cc1)NC(=O)CNC(=O)[C@H](Cc1ccccc1)NC(=O)[C@H](CC(C)C)NC(=O)[C@@H](N)Cc1cnc[nH]1)C(=O)N[C@@H](Cc1ccc(O)cc1)C(=O)N[C@@H](CCCCN)C(=O)O. The van der Waals surface area contributed by atoms with E-state index in [1.54, 1.807) is 36.6 Å². The predicted octanol–water partition coefficient (Wildman–Crippen LogP) is -1.07. The molecule has 4 aromatic rings. The fourth-order valence-electron chi connectivity index (χ4n) is 8.27. The highest BCUT2D eigenvalue weighted by Gasteiger charge is 2.34. The topological polar surface area (TPSA) is 412 Å². The van der Waals surface area contributed by atoms with Gasteiger partial charge in [-0.05, 0) is 97.5 Å². The van der Waals surface area contributed by atoms with Gasteiger partial charge in [-0.25, -0.2) is 9.78 Å². The lowest BCUT2D eigenvalue weighted by atomic mass is 10.0. The van der Waals surface area contributed by atoms with E-state index in [0.717, 1.165) is 0 Å². The van der Waals surface area contributed by atoms with Crippen molar-refractivity contribution in [1.29, 1.82) is 0 Å². The molecule has 0 aliphatic rings. The van der Waals surface area contributed by atoms with Gasteiger partial charge in [0.25, 0.3) is 0 Å². The predicted molar refractivity (Wildman–Crippen MR) is 301 cm³/mol. The van der Waals surface area contributed by atoms with Gasteiger partial charge in [0.15, 0.2) is 0 Å². The Balaban J connectivity index is 1.50.